The van der Waals surface area contributed by atoms with E-state index in [2.05, 4.69) is 20.1 Å². The average Bonchev–Trinajstić information content (AvgIpc) is 3.11. The van der Waals surface area contributed by atoms with Crippen LogP contribution >= 0.6 is 0 Å². The number of nitrogens with zero attached hydrogens (tertiary/aromatic N) is 3. The van der Waals surface area contributed by atoms with Crippen molar-refractivity contribution in [1.29, 1.82) is 0 Å². The predicted molar refractivity (Wildman–Crippen MR) is 111 cm³/mol. The maximum absolute atomic E-state index is 13.1. The van der Waals surface area contributed by atoms with Gasteiger partial charge in [-0.3, -0.25) is 0 Å². The molecule has 31 heavy (non-hydrogen) atoms. The smallest absolute Gasteiger partial charge is 0.366 e. The Morgan fingerprint density at radius 2 is 1.77 bits per heavy atom. The number of hydrogen-bond acceptors (Lipinski definition) is 5. The largest absolute Gasteiger partial charge is 0.416 e. The number of rotatable bonds is 5. The molecule has 1 fully saturated rings. The van der Waals surface area contributed by atoms with Gasteiger partial charge < -0.3 is 5.32 Å². The first-order chi connectivity index (χ1) is 14.6. The fraction of sp³-hybridized carbons (Fsp3) is 0.400. The number of alkyl halides is 3. The Morgan fingerprint density at radius 3 is 2.45 bits per heavy atom. The second kappa shape index (κ2) is 8.12. The van der Waals surface area contributed by atoms with Crippen molar-refractivity contribution in [2.24, 2.45) is 0 Å². The van der Waals surface area contributed by atoms with E-state index in [9.17, 15) is 21.6 Å². The molecule has 1 aliphatic rings. The Balaban J connectivity index is 1.52. The number of fused-ring (bicyclic) bond motifs is 1. The van der Waals surface area contributed by atoms with E-state index in [-0.39, 0.29) is 12.1 Å². The molecule has 166 valence electrons. The minimum absolute atomic E-state index is 0.0651. The summed E-state index contributed by atoms with van der Waals surface area (Å²) in [6.45, 7) is 0. The minimum atomic E-state index is -4.43. The first-order valence-corrected chi connectivity index (χ1v) is 11.7. The summed E-state index contributed by atoms with van der Waals surface area (Å²) in [5, 5.41) is 7.87. The third-order valence-electron chi connectivity index (χ3n) is 5.31. The third kappa shape index (κ3) is 5.16. The predicted octanol–water partition coefficient (Wildman–Crippen LogP) is 3.69. The summed E-state index contributed by atoms with van der Waals surface area (Å²) in [5.74, 6) is 0.582. The van der Waals surface area contributed by atoms with E-state index in [1.54, 1.807) is 18.2 Å². The number of halogens is 3. The topological polar surface area (TPSA) is 88.4 Å². The zero-order valence-electron chi connectivity index (χ0n) is 16.7. The molecule has 0 radical (unpaired) electrons. The number of benzene rings is 1. The summed E-state index contributed by atoms with van der Waals surface area (Å²) in [4.78, 5) is 4.25. The molecule has 3 aromatic rings. The Kier molecular flexibility index (Phi) is 5.65. The SMILES string of the molecule is CS(=O)(=O)NC1CCC(Nc2ccc3ncc(-c4cccc(C(F)(F)F)c4)n3n2)CC1. The van der Waals surface area contributed by atoms with Gasteiger partial charge in [0.1, 0.15) is 5.82 Å². The van der Waals surface area contributed by atoms with Crippen molar-refractivity contribution in [3.8, 4) is 11.3 Å². The molecular formula is C20H22F3N5O2S. The molecule has 0 spiro atoms. The molecule has 0 aliphatic heterocycles. The van der Waals surface area contributed by atoms with E-state index in [1.807, 2.05) is 0 Å². The van der Waals surface area contributed by atoms with E-state index in [0.29, 0.717) is 35.6 Å². The lowest BCUT2D eigenvalue weighted by atomic mass is 9.92. The lowest BCUT2D eigenvalue weighted by molar-refractivity contribution is -0.137. The van der Waals surface area contributed by atoms with E-state index in [0.717, 1.165) is 31.2 Å². The molecule has 0 atom stereocenters. The summed E-state index contributed by atoms with van der Waals surface area (Å²) in [6, 6.07) is 8.66. The van der Waals surface area contributed by atoms with Crippen LogP contribution in [0.25, 0.3) is 16.9 Å². The van der Waals surface area contributed by atoms with Crippen LogP contribution < -0.4 is 10.0 Å². The summed E-state index contributed by atoms with van der Waals surface area (Å²) in [7, 11) is -3.22. The number of anilines is 1. The van der Waals surface area contributed by atoms with Crippen LogP contribution in [-0.4, -0.2) is 41.4 Å². The lowest BCUT2D eigenvalue weighted by Gasteiger charge is -2.29. The Bertz CT molecular complexity index is 1180. The van der Waals surface area contributed by atoms with Crippen molar-refractivity contribution in [2.75, 3.05) is 11.6 Å². The van der Waals surface area contributed by atoms with Gasteiger partial charge in [-0.15, -0.1) is 5.10 Å². The van der Waals surface area contributed by atoms with Crippen molar-refractivity contribution in [2.45, 2.75) is 43.9 Å². The second-order valence-corrected chi connectivity index (χ2v) is 9.57. The van der Waals surface area contributed by atoms with Crippen molar-refractivity contribution >= 4 is 21.5 Å². The summed E-state index contributed by atoms with van der Waals surface area (Å²) >= 11 is 0. The second-order valence-electron chi connectivity index (χ2n) is 7.79. The monoisotopic (exact) mass is 453 g/mol. The molecular weight excluding hydrogens is 431 g/mol. The van der Waals surface area contributed by atoms with E-state index in [4.69, 9.17) is 0 Å². The molecule has 4 rings (SSSR count). The Morgan fingerprint density at radius 1 is 1.06 bits per heavy atom. The van der Waals surface area contributed by atoms with Crippen LogP contribution in [0.4, 0.5) is 19.0 Å². The maximum Gasteiger partial charge on any atom is 0.416 e. The van der Waals surface area contributed by atoms with E-state index >= 15 is 0 Å². The van der Waals surface area contributed by atoms with Gasteiger partial charge in [0.15, 0.2) is 5.65 Å². The first-order valence-electron chi connectivity index (χ1n) is 9.85. The van der Waals surface area contributed by atoms with Gasteiger partial charge in [-0.2, -0.15) is 13.2 Å². The van der Waals surface area contributed by atoms with Crippen molar-refractivity contribution in [3.63, 3.8) is 0 Å². The van der Waals surface area contributed by atoms with Crippen molar-refractivity contribution in [1.82, 2.24) is 19.3 Å². The van der Waals surface area contributed by atoms with Gasteiger partial charge in [0.05, 0.1) is 23.7 Å². The number of aromatic nitrogens is 3. The quantitative estimate of drug-likeness (QED) is 0.615. The first kappa shape index (κ1) is 21.6. The van der Waals surface area contributed by atoms with E-state index < -0.39 is 21.8 Å². The highest BCUT2D eigenvalue weighted by Crippen LogP contribution is 2.32. The van der Waals surface area contributed by atoms with Gasteiger partial charge in [-0.25, -0.2) is 22.6 Å². The molecule has 2 heterocycles. The van der Waals surface area contributed by atoms with Crippen LogP contribution in [0.15, 0.2) is 42.6 Å². The highest BCUT2D eigenvalue weighted by molar-refractivity contribution is 7.88. The van der Waals surface area contributed by atoms with Gasteiger partial charge in [0.2, 0.25) is 10.0 Å². The molecule has 0 bridgehead atoms. The summed E-state index contributed by atoms with van der Waals surface area (Å²) in [6.07, 6.45) is 1.21. The lowest BCUT2D eigenvalue weighted by Crippen LogP contribution is -2.39. The fourth-order valence-corrected chi connectivity index (χ4v) is 4.71. The maximum atomic E-state index is 13.1. The zero-order valence-corrected chi connectivity index (χ0v) is 17.5. The van der Waals surface area contributed by atoms with Crippen LogP contribution in [0.3, 0.4) is 0 Å². The molecule has 1 saturated carbocycles. The van der Waals surface area contributed by atoms with Crippen molar-refractivity contribution < 1.29 is 21.6 Å². The normalized spacial score (nSPS) is 20.1. The summed E-state index contributed by atoms with van der Waals surface area (Å²) in [5.41, 5.74) is 0.637. The molecule has 0 saturated heterocycles. The molecule has 11 heteroatoms. The molecule has 0 unspecified atom stereocenters. The van der Waals surface area contributed by atoms with Gasteiger partial charge >= 0.3 is 6.18 Å². The molecule has 2 N–H and O–H groups in total. The van der Waals surface area contributed by atoms with Gasteiger partial charge in [-0.1, -0.05) is 12.1 Å². The van der Waals surface area contributed by atoms with Gasteiger partial charge in [0.25, 0.3) is 0 Å². The standard InChI is InChI=1S/C20H22F3N5O2S/c1-31(29,30)27-16-7-5-15(6-8-16)25-18-9-10-19-24-12-17(28(19)26-18)13-3-2-4-14(11-13)20(21,22)23/h2-4,9-12,15-16,27H,5-8H2,1H3,(H,25,26). The number of nitrogens with one attached hydrogen (secondary N) is 2. The van der Waals surface area contributed by atoms with Crippen LogP contribution in [0.1, 0.15) is 31.2 Å². The van der Waals surface area contributed by atoms with Crippen LogP contribution in [-0.2, 0) is 16.2 Å². The molecule has 1 aliphatic carbocycles. The van der Waals surface area contributed by atoms with Gasteiger partial charge in [0, 0.05) is 17.6 Å². The third-order valence-corrected chi connectivity index (χ3v) is 6.07. The fourth-order valence-electron chi connectivity index (χ4n) is 3.87. The van der Waals surface area contributed by atoms with Crippen LogP contribution in [0, 0.1) is 0 Å². The molecule has 1 aromatic carbocycles. The van der Waals surface area contributed by atoms with E-state index in [1.165, 1.54) is 16.8 Å². The Hall–Kier alpha value is -2.66. The zero-order chi connectivity index (χ0) is 22.2. The highest BCUT2D eigenvalue weighted by atomic mass is 32.2. The van der Waals surface area contributed by atoms with Crippen LogP contribution in [0.5, 0.6) is 0 Å². The minimum Gasteiger partial charge on any atom is -0.366 e. The average molecular weight is 453 g/mol. The number of imidazole rings is 1. The number of hydrogen-bond donors (Lipinski definition) is 2. The van der Waals surface area contributed by atoms with Crippen LogP contribution in [0.2, 0.25) is 0 Å². The highest BCUT2D eigenvalue weighted by Gasteiger charge is 2.30. The molecule has 0 amide bonds. The molecule has 7 nitrogen and oxygen atoms in total. The number of sulfonamides is 1. The molecule has 2 aromatic heterocycles. The Labute approximate surface area is 177 Å². The van der Waals surface area contributed by atoms with Crippen molar-refractivity contribution in [3.05, 3.63) is 48.2 Å². The summed E-state index contributed by atoms with van der Waals surface area (Å²) < 4.78 is 66.2. The van der Waals surface area contributed by atoms with Gasteiger partial charge in [-0.05, 0) is 49.9 Å².